The Morgan fingerprint density at radius 1 is 0.862 bits per heavy atom. The highest BCUT2D eigenvalue weighted by atomic mass is 16.5. The van der Waals surface area contributed by atoms with Gasteiger partial charge in [0.1, 0.15) is 11.5 Å². The zero-order valence-corrected chi connectivity index (χ0v) is 16.0. The summed E-state index contributed by atoms with van der Waals surface area (Å²) < 4.78 is 5.26. The third kappa shape index (κ3) is 3.78. The molecular weight excluding hydrogens is 362 g/mol. The van der Waals surface area contributed by atoms with Crippen molar-refractivity contribution >= 4 is 16.7 Å². The average molecular weight is 383 g/mol. The Bertz CT molecular complexity index is 1140. The van der Waals surface area contributed by atoms with Crippen molar-refractivity contribution in [1.82, 2.24) is 5.32 Å². The molecule has 0 fully saturated rings. The van der Waals surface area contributed by atoms with E-state index >= 15 is 0 Å². The minimum atomic E-state index is -0.528. The van der Waals surface area contributed by atoms with E-state index < -0.39 is 6.04 Å². The molecule has 0 aliphatic heterocycles. The molecule has 0 spiro atoms. The molecule has 1 atom stereocenters. The monoisotopic (exact) mass is 383 g/mol. The van der Waals surface area contributed by atoms with Crippen LogP contribution < -0.4 is 10.1 Å². The number of phenolic OH excluding ortho intramolecular Hbond substituents is 1. The minimum Gasteiger partial charge on any atom is -0.508 e. The van der Waals surface area contributed by atoms with Crippen molar-refractivity contribution in [2.45, 2.75) is 6.04 Å². The number of carbonyl (C=O) groups excluding carboxylic acids is 1. The highest BCUT2D eigenvalue weighted by Crippen LogP contribution is 2.36. The van der Waals surface area contributed by atoms with Crippen LogP contribution in [0.3, 0.4) is 0 Å². The Morgan fingerprint density at radius 3 is 2.28 bits per heavy atom. The quantitative estimate of drug-likeness (QED) is 0.506. The number of hydrogen-bond acceptors (Lipinski definition) is 3. The first-order chi connectivity index (χ1) is 14.2. The van der Waals surface area contributed by atoms with Gasteiger partial charge >= 0.3 is 0 Å². The topological polar surface area (TPSA) is 58.6 Å². The van der Waals surface area contributed by atoms with Gasteiger partial charge in [-0.05, 0) is 46.7 Å². The number of nitrogens with one attached hydrogen (secondary N) is 1. The summed E-state index contributed by atoms with van der Waals surface area (Å²) in [6.07, 6.45) is 0. The standard InChI is InChI=1S/C25H21NO3/c1-29-20-14-11-18(12-15-20)24(26-25(28)19-8-3-2-4-9-19)23-21-10-6-5-7-17(21)13-16-22(23)27/h2-16,24,27H,1H3,(H,26,28). The molecule has 0 heterocycles. The maximum absolute atomic E-state index is 13.0. The number of rotatable bonds is 5. The lowest BCUT2D eigenvalue weighted by Crippen LogP contribution is -2.29. The second-order valence-electron chi connectivity index (χ2n) is 6.77. The molecule has 4 aromatic rings. The largest absolute Gasteiger partial charge is 0.508 e. The van der Waals surface area contributed by atoms with Crippen molar-refractivity contribution in [2.75, 3.05) is 7.11 Å². The molecule has 0 aliphatic rings. The number of phenols is 1. The zero-order valence-electron chi connectivity index (χ0n) is 16.0. The number of methoxy groups -OCH3 is 1. The highest BCUT2D eigenvalue weighted by Gasteiger charge is 2.23. The van der Waals surface area contributed by atoms with E-state index in [1.54, 1.807) is 25.3 Å². The molecule has 0 radical (unpaired) electrons. The van der Waals surface area contributed by atoms with E-state index in [1.165, 1.54) is 0 Å². The molecule has 0 bridgehead atoms. The van der Waals surface area contributed by atoms with Crippen LogP contribution in [0, 0.1) is 0 Å². The van der Waals surface area contributed by atoms with E-state index in [0.717, 1.165) is 22.1 Å². The number of benzene rings is 4. The normalized spacial score (nSPS) is 11.8. The molecule has 2 N–H and O–H groups in total. The Balaban J connectivity index is 1.84. The Morgan fingerprint density at radius 2 is 1.55 bits per heavy atom. The number of hydrogen-bond donors (Lipinski definition) is 2. The van der Waals surface area contributed by atoms with E-state index in [2.05, 4.69) is 5.32 Å². The molecule has 4 rings (SSSR count). The van der Waals surface area contributed by atoms with Crippen molar-refractivity contribution in [3.05, 3.63) is 108 Å². The number of amides is 1. The molecule has 1 amide bonds. The van der Waals surface area contributed by atoms with Crippen LogP contribution >= 0.6 is 0 Å². The maximum atomic E-state index is 13.0. The second kappa shape index (κ2) is 8.07. The van der Waals surface area contributed by atoms with Crippen LogP contribution in [0.4, 0.5) is 0 Å². The summed E-state index contributed by atoms with van der Waals surface area (Å²) >= 11 is 0. The highest BCUT2D eigenvalue weighted by molar-refractivity contribution is 5.96. The third-order valence-electron chi connectivity index (χ3n) is 5.00. The summed E-state index contributed by atoms with van der Waals surface area (Å²) in [6, 6.07) is 27.4. The van der Waals surface area contributed by atoms with Crippen molar-refractivity contribution < 1.29 is 14.6 Å². The van der Waals surface area contributed by atoms with Crippen molar-refractivity contribution in [1.29, 1.82) is 0 Å². The zero-order chi connectivity index (χ0) is 20.2. The predicted molar refractivity (Wildman–Crippen MR) is 114 cm³/mol. The number of ether oxygens (including phenoxy) is 1. The van der Waals surface area contributed by atoms with E-state index in [1.807, 2.05) is 72.8 Å². The van der Waals surface area contributed by atoms with Crippen LogP contribution in [0.2, 0.25) is 0 Å². The summed E-state index contributed by atoms with van der Waals surface area (Å²) in [5.41, 5.74) is 2.07. The number of fused-ring (bicyclic) bond motifs is 1. The Hall–Kier alpha value is -3.79. The lowest BCUT2D eigenvalue weighted by molar-refractivity contribution is 0.0943. The summed E-state index contributed by atoms with van der Waals surface area (Å²) in [6.45, 7) is 0. The molecular formula is C25H21NO3. The summed E-state index contributed by atoms with van der Waals surface area (Å²) in [7, 11) is 1.61. The molecule has 4 aromatic carbocycles. The molecule has 0 saturated carbocycles. The van der Waals surface area contributed by atoms with Gasteiger partial charge in [-0.25, -0.2) is 0 Å². The molecule has 0 saturated heterocycles. The van der Waals surface area contributed by atoms with Gasteiger partial charge in [0.05, 0.1) is 13.2 Å². The summed E-state index contributed by atoms with van der Waals surface area (Å²) in [4.78, 5) is 13.0. The summed E-state index contributed by atoms with van der Waals surface area (Å²) in [5, 5.41) is 15.7. The van der Waals surface area contributed by atoms with Crippen molar-refractivity contribution in [3.8, 4) is 11.5 Å². The van der Waals surface area contributed by atoms with Gasteiger partial charge in [-0.15, -0.1) is 0 Å². The van der Waals surface area contributed by atoms with Gasteiger partial charge in [-0.2, -0.15) is 0 Å². The Kier molecular flexibility index (Phi) is 5.16. The van der Waals surface area contributed by atoms with Crippen molar-refractivity contribution in [3.63, 3.8) is 0 Å². The average Bonchev–Trinajstić information content (AvgIpc) is 2.78. The molecule has 4 heteroatoms. The van der Waals surface area contributed by atoms with Gasteiger partial charge in [0.15, 0.2) is 0 Å². The minimum absolute atomic E-state index is 0.137. The van der Waals surface area contributed by atoms with Gasteiger partial charge in [-0.1, -0.05) is 60.7 Å². The predicted octanol–water partition coefficient (Wildman–Crippen LogP) is 5.07. The summed E-state index contributed by atoms with van der Waals surface area (Å²) in [5.74, 6) is 0.653. The lowest BCUT2D eigenvalue weighted by atomic mass is 9.92. The third-order valence-corrected chi connectivity index (χ3v) is 5.00. The molecule has 0 aromatic heterocycles. The SMILES string of the molecule is COc1ccc(C(NC(=O)c2ccccc2)c2c(O)ccc3ccccc23)cc1. The van der Waals surface area contributed by atoms with Crippen LogP contribution in [-0.4, -0.2) is 18.1 Å². The molecule has 144 valence electrons. The van der Waals surface area contributed by atoms with E-state index in [4.69, 9.17) is 4.74 Å². The van der Waals surface area contributed by atoms with Crippen LogP contribution in [0.15, 0.2) is 91.0 Å². The second-order valence-corrected chi connectivity index (χ2v) is 6.77. The smallest absolute Gasteiger partial charge is 0.252 e. The van der Waals surface area contributed by atoms with Gasteiger partial charge in [0.2, 0.25) is 0 Å². The first-order valence-electron chi connectivity index (χ1n) is 9.38. The maximum Gasteiger partial charge on any atom is 0.252 e. The van der Waals surface area contributed by atoms with Crippen LogP contribution in [0.5, 0.6) is 11.5 Å². The van der Waals surface area contributed by atoms with Gasteiger partial charge in [-0.3, -0.25) is 4.79 Å². The molecule has 0 aliphatic carbocycles. The van der Waals surface area contributed by atoms with E-state index in [-0.39, 0.29) is 11.7 Å². The van der Waals surface area contributed by atoms with Gasteiger partial charge in [0, 0.05) is 11.1 Å². The first kappa shape index (κ1) is 18.6. The van der Waals surface area contributed by atoms with Crippen LogP contribution in [-0.2, 0) is 0 Å². The Labute approximate surface area is 169 Å². The first-order valence-corrected chi connectivity index (χ1v) is 9.38. The fourth-order valence-corrected chi connectivity index (χ4v) is 3.51. The molecule has 29 heavy (non-hydrogen) atoms. The van der Waals surface area contributed by atoms with Gasteiger partial charge in [0.25, 0.3) is 5.91 Å². The van der Waals surface area contributed by atoms with E-state index in [0.29, 0.717) is 11.1 Å². The number of aromatic hydroxyl groups is 1. The fraction of sp³-hybridized carbons (Fsp3) is 0.0800. The molecule has 1 unspecified atom stereocenters. The van der Waals surface area contributed by atoms with Crippen LogP contribution in [0.1, 0.15) is 27.5 Å². The number of carbonyl (C=O) groups is 1. The van der Waals surface area contributed by atoms with Crippen LogP contribution in [0.25, 0.3) is 10.8 Å². The lowest BCUT2D eigenvalue weighted by Gasteiger charge is -2.23. The molecule has 4 nitrogen and oxygen atoms in total. The van der Waals surface area contributed by atoms with Gasteiger partial charge < -0.3 is 15.2 Å². The van der Waals surface area contributed by atoms with E-state index in [9.17, 15) is 9.90 Å². The fourth-order valence-electron chi connectivity index (χ4n) is 3.51. The van der Waals surface area contributed by atoms with Crippen molar-refractivity contribution in [2.24, 2.45) is 0 Å².